The zero-order chi connectivity index (χ0) is 22.2. The normalized spacial score (nSPS) is 13.2. The molecule has 0 saturated carbocycles. The standard InChI is InChI=1S/C27H25FN4/c1-18-19(2)32(16-20-6-5-9-23(28)14-20)26-25(18)15-24(10-12-29)30-27(26)31-13-11-21-7-3-4-8-22(21)17-31/h3-9,14-15H,10-11,13,16-17H2,1-2H3. The van der Waals surface area contributed by atoms with Gasteiger partial charge in [-0.05, 0) is 60.7 Å². The van der Waals surface area contributed by atoms with E-state index in [1.807, 2.05) is 12.1 Å². The Bertz CT molecular complexity index is 1360. The van der Waals surface area contributed by atoms with Crippen LogP contribution in [0.15, 0.2) is 54.6 Å². The van der Waals surface area contributed by atoms with Crippen LogP contribution < -0.4 is 4.90 Å². The number of aromatic nitrogens is 2. The molecule has 2 aromatic carbocycles. The third-order valence-corrected chi connectivity index (χ3v) is 6.57. The molecule has 32 heavy (non-hydrogen) atoms. The Morgan fingerprint density at radius 1 is 1.06 bits per heavy atom. The first-order chi connectivity index (χ1) is 15.5. The third-order valence-electron chi connectivity index (χ3n) is 6.57. The zero-order valence-electron chi connectivity index (χ0n) is 18.4. The van der Waals surface area contributed by atoms with Crippen molar-refractivity contribution >= 4 is 16.7 Å². The van der Waals surface area contributed by atoms with Gasteiger partial charge in [0.2, 0.25) is 0 Å². The minimum atomic E-state index is -0.226. The fourth-order valence-electron chi connectivity index (χ4n) is 4.78. The molecule has 0 aliphatic carbocycles. The largest absolute Gasteiger partial charge is 0.350 e. The lowest BCUT2D eigenvalue weighted by Gasteiger charge is -2.31. The Hall–Kier alpha value is -3.65. The average molecular weight is 425 g/mol. The summed E-state index contributed by atoms with van der Waals surface area (Å²) in [5.74, 6) is 0.686. The Morgan fingerprint density at radius 3 is 2.66 bits per heavy atom. The number of hydrogen-bond acceptors (Lipinski definition) is 3. The second kappa shape index (κ2) is 8.12. The fraction of sp³-hybridized carbons (Fsp3) is 0.259. The first-order valence-electron chi connectivity index (χ1n) is 11.0. The predicted molar refractivity (Wildman–Crippen MR) is 125 cm³/mol. The molecular formula is C27H25FN4. The number of anilines is 1. The summed E-state index contributed by atoms with van der Waals surface area (Å²) >= 11 is 0. The number of hydrogen-bond donors (Lipinski definition) is 0. The lowest BCUT2D eigenvalue weighted by molar-refractivity contribution is 0.623. The Labute approximate surface area is 187 Å². The highest BCUT2D eigenvalue weighted by Gasteiger charge is 2.24. The number of nitrogens with zero attached hydrogens (tertiary/aromatic N) is 4. The van der Waals surface area contributed by atoms with E-state index >= 15 is 0 Å². The highest BCUT2D eigenvalue weighted by atomic mass is 19.1. The van der Waals surface area contributed by atoms with E-state index in [-0.39, 0.29) is 12.2 Å². The molecule has 5 rings (SSSR count). The van der Waals surface area contributed by atoms with Crippen LogP contribution >= 0.6 is 0 Å². The van der Waals surface area contributed by atoms with Crippen molar-refractivity contribution < 1.29 is 4.39 Å². The molecule has 0 spiro atoms. The highest BCUT2D eigenvalue weighted by Crippen LogP contribution is 2.35. The Kier molecular flexibility index (Phi) is 5.14. The van der Waals surface area contributed by atoms with Crippen molar-refractivity contribution in [2.24, 2.45) is 0 Å². The highest BCUT2D eigenvalue weighted by molar-refractivity contribution is 5.94. The second-order valence-electron chi connectivity index (χ2n) is 8.53. The predicted octanol–water partition coefficient (Wildman–Crippen LogP) is 5.47. The molecule has 160 valence electrons. The van der Waals surface area contributed by atoms with Gasteiger partial charge in [0.05, 0.1) is 23.7 Å². The van der Waals surface area contributed by atoms with Crippen LogP contribution in [0.1, 0.15) is 33.6 Å². The van der Waals surface area contributed by atoms with E-state index < -0.39 is 0 Å². The molecule has 0 N–H and O–H groups in total. The molecule has 0 radical (unpaired) electrons. The number of halogens is 1. The van der Waals surface area contributed by atoms with Gasteiger partial charge in [-0.15, -0.1) is 0 Å². The minimum Gasteiger partial charge on any atom is -0.350 e. The van der Waals surface area contributed by atoms with Crippen LogP contribution in [0.4, 0.5) is 10.2 Å². The molecule has 1 aliphatic heterocycles. The van der Waals surface area contributed by atoms with Gasteiger partial charge in [0.15, 0.2) is 5.82 Å². The molecule has 2 aromatic heterocycles. The monoisotopic (exact) mass is 424 g/mol. The molecule has 0 amide bonds. The van der Waals surface area contributed by atoms with E-state index in [2.05, 4.69) is 53.6 Å². The van der Waals surface area contributed by atoms with Gasteiger partial charge in [-0.1, -0.05) is 36.4 Å². The number of pyridine rings is 1. The van der Waals surface area contributed by atoms with Crippen LogP contribution in [-0.2, 0) is 25.9 Å². The number of rotatable bonds is 4. The summed E-state index contributed by atoms with van der Waals surface area (Å²) in [5, 5.41) is 10.4. The summed E-state index contributed by atoms with van der Waals surface area (Å²) in [6.45, 7) is 6.46. The van der Waals surface area contributed by atoms with Crippen molar-refractivity contribution in [1.82, 2.24) is 9.55 Å². The van der Waals surface area contributed by atoms with Crippen molar-refractivity contribution in [3.63, 3.8) is 0 Å². The zero-order valence-corrected chi connectivity index (χ0v) is 18.4. The van der Waals surface area contributed by atoms with Gasteiger partial charge < -0.3 is 9.47 Å². The van der Waals surface area contributed by atoms with Crippen molar-refractivity contribution in [1.29, 1.82) is 5.26 Å². The number of aryl methyl sites for hydroxylation is 1. The molecule has 3 heterocycles. The van der Waals surface area contributed by atoms with Crippen LogP contribution in [0.3, 0.4) is 0 Å². The minimum absolute atomic E-state index is 0.226. The topological polar surface area (TPSA) is 44.9 Å². The van der Waals surface area contributed by atoms with E-state index in [4.69, 9.17) is 4.98 Å². The summed E-state index contributed by atoms with van der Waals surface area (Å²) < 4.78 is 16.1. The van der Waals surface area contributed by atoms with Crippen molar-refractivity contribution in [2.75, 3.05) is 11.4 Å². The summed E-state index contributed by atoms with van der Waals surface area (Å²) in [7, 11) is 0. The molecule has 4 aromatic rings. The maximum atomic E-state index is 13.9. The van der Waals surface area contributed by atoms with Gasteiger partial charge in [-0.3, -0.25) is 0 Å². The first-order valence-corrected chi connectivity index (χ1v) is 11.0. The van der Waals surface area contributed by atoms with E-state index in [0.29, 0.717) is 6.54 Å². The van der Waals surface area contributed by atoms with E-state index in [1.165, 1.54) is 22.8 Å². The number of benzene rings is 2. The number of nitriles is 1. The molecular weight excluding hydrogens is 399 g/mol. The van der Waals surface area contributed by atoms with Crippen LogP contribution in [0, 0.1) is 31.0 Å². The summed E-state index contributed by atoms with van der Waals surface area (Å²) in [6, 6.07) is 19.6. The van der Waals surface area contributed by atoms with Crippen molar-refractivity contribution in [3.8, 4) is 6.07 Å². The van der Waals surface area contributed by atoms with Crippen LogP contribution in [-0.4, -0.2) is 16.1 Å². The quantitative estimate of drug-likeness (QED) is 0.436. The van der Waals surface area contributed by atoms with Crippen molar-refractivity contribution in [3.05, 3.63) is 94.1 Å². The molecule has 1 aliphatic rings. The van der Waals surface area contributed by atoms with Gasteiger partial charge in [-0.25, -0.2) is 9.37 Å². The average Bonchev–Trinajstić information content (AvgIpc) is 3.03. The lowest BCUT2D eigenvalue weighted by Crippen LogP contribution is -2.31. The van der Waals surface area contributed by atoms with E-state index in [0.717, 1.165) is 53.2 Å². The summed E-state index contributed by atoms with van der Waals surface area (Å²) in [6.07, 6.45) is 1.24. The summed E-state index contributed by atoms with van der Waals surface area (Å²) in [4.78, 5) is 7.30. The molecule has 0 unspecified atom stereocenters. The molecule has 0 atom stereocenters. The fourth-order valence-corrected chi connectivity index (χ4v) is 4.78. The van der Waals surface area contributed by atoms with Gasteiger partial charge in [-0.2, -0.15) is 5.26 Å². The van der Waals surface area contributed by atoms with Crippen LogP contribution in [0.2, 0.25) is 0 Å². The third kappa shape index (κ3) is 3.52. The maximum absolute atomic E-state index is 13.9. The molecule has 0 bridgehead atoms. The SMILES string of the molecule is Cc1c(C)n(Cc2cccc(F)c2)c2c(N3CCc4ccccc4C3)nc(CC#N)cc12. The van der Waals surface area contributed by atoms with Crippen LogP contribution in [0.25, 0.3) is 10.9 Å². The number of fused-ring (bicyclic) bond motifs is 2. The van der Waals surface area contributed by atoms with Crippen molar-refractivity contribution in [2.45, 2.75) is 39.8 Å². The molecule has 0 saturated heterocycles. The maximum Gasteiger partial charge on any atom is 0.153 e. The Morgan fingerprint density at radius 2 is 1.88 bits per heavy atom. The smallest absolute Gasteiger partial charge is 0.153 e. The second-order valence-corrected chi connectivity index (χ2v) is 8.53. The van der Waals surface area contributed by atoms with Gasteiger partial charge in [0.25, 0.3) is 0 Å². The van der Waals surface area contributed by atoms with E-state index in [1.54, 1.807) is 12.1 Å². The lowest BCUT2D eigenvalue weighted by atomic mass is 9.99. The van der Waals surface area contributed by atoms with E-state index in [9.17, 15) is 9.65 Å². The molecule has 5 heteroatoms. The van der Waals surface area contributed by atoms with Gasteiger partial charge >= 0.3 is 0 Å². The first kappa shape index (κ1) is 20.3. The summed E-state index contributed by atoms with van der Waals surface area (Å²) in [5.41, 5.74) is 7.79. The van der Waals surface area contributed by atoms with Gasteiger partial charge in [0, 0.05) is 30.7 Å². The molecule has 4 nitrogen and oxygen atoms in total. The van der Waals surface area contributed by atoms with Gasteiger partial charge in [0.1, 0.15) is 5.82 Å². The Balaban J connectivity index is 1.68. The molecule has 0 fully saturated rings. The van der Waals surface area contributed by atoms with Crippen LogP contribution in [0.5, 0.6) is 0 Å².